The number of carbonyl (C=O) groups excluding carboxylic acids is 1. The van der Waals surface area contributed by atoms with Crippen molar-refractivity contribution in [2.24, 2.45) is 0 Å². The number of aromatic amines is 1. The van der Waals surface area contributed by atoms with Gasteiger partial charge in [-0.3, -0.25) is 9.36 Å². The van der Waals surface area contributed by atoms with Gasteiger partial charge >= 0.3 is 11.7 Å². The van der Waals surface area contributed by atoms with E-state index in [-0.39, 0.29) is 22.5 Å². The third-order valence-electron chi connectivity index (χ3n) is 4.65. The summed E-state index contributed by atoms with van der Waals surface area (Å²) < 4.78 is 20.0. The molecule has 0 spiro atoms. The molecular weight excluding hydrogens is 438 g/mol. The fourth-order valence-corrected chi connectivity index (χ4v) is 3.51. The van der Waals surface area contributed by atoms with Crippen molar-refractivity contribution in [3.8, 4) is 0 Å². The van der Waals surface area contributed by atoms with Gasteiger partial charge in [0.2, 0.25) is 0 Å². The summed E-state index contributed by atoms with van der Waals surface area (Å²) in [6, 6.07) is 7.64. The number of aromatic nitrogens is 2. The molecule has 0 saturated carbocycles. The number of carbonyl (C=O) groups is 1. The molecule has 0 radical (unpaired) electrons. The van der Waals surface area contributed by atoms with E-state index < -0.39 is 40.6 Å². The molecule has 0 bridgehead atoms. The maximum atomic E-state index is 14.6. The lowest BCUT2D eigenvalue weighted by atomic mass is 9.94. The summed E-state index contributed by atoms with van der Waals surface area (Å²) in [5, 5.41) is 10.3. The number of fused-ring (bicyclic) bond motifs is 1. The van der Waals surface area contributed by atoms with Gasteiger partial charge in [0.25, 0.3) is 5.56 Å². The largest absolute Gasteiger partial charge is 0.467 e. The van der Waals surface area contributed by atoms with Gasteiger partial charge in [-0.15, -0.1) is 0 Å². The Bertz CT molecular complexity index is 1250. The van der Waals surface area contributed by atoms with Crippen molar-refractivity contribution in [1.29, 1.82) is 0 Å². The number of benzene rings is 2. The average molecular weight is 455 g/mol. The van der Waals surface area contributed by atoms with E-state index in [9.17, 15) is 23.9 Å². The lowest BCUT2D eigenvalue weighted by Crippen LogP contribution is -2.40. The highest BCUT2D eigenvalue weighted by molar-refractivity contribution is 6.31. The van der Waals surface area contributed by atoms with Crippen LogP contribution in [-0.2, 0) is 22.5 Å². The molecule has 0 aliphatic heterocycles. The van der Waals surface area contributed by atoms with E-state index in [1.807, 2.05) is 0 Å². The summed E-state index contributed by atoms with van der Waals surface area (Å²) >= 11 is 11.8. The van der Waals surface area contributed by atoms with Crippen LogP contribution in [0.2, 0.25) is 10.0 Å². The Labute approximate surface area is 179 Å². The second-order valence-electron chi connectivity index (χ2n) is 6.97. The third-order valence-corrected chi connectivity index (χ3v) is 5.18. The van der Waals surface area contributed by atoms with E-state index in [1.165, 1.54) is 6.92 Å². The molecule has 1 atom stereocenters. The summed E-state index contributed by atoms with van der Waals surface area (Å²) in [4.78, 5) is 39.8. The summed E-state index contributed by atoms with van der Waals surface area (Å²) in [7, 11) is 1.10. The Kier molecular flexibility index (Phi) is 6.03. The molecule has 7 nitrogen and oxygen atoms in total. The lowest BCUT2D eigenvalue weighted by molar-refractivity contribution is -0.160. The first-order chi connectivity index (χ1) is 14.0. The number of H-pyrrole nitrogens is 1. The Morgan fingerprint density at radius 2 is 1.90 bits per heavy atom. The number of halogens is 3. The van der Waals surface area contributed by atoms with E-state index in [0.29, 0.717) is 10.6 Å². The van der Waals surface area contributed by atoms with Crippen LogP contribution in [0.5, 0.6) is 0 Å². The van der Waals surface area contributed by atoms with Crippen LogP contribution in [0.4, 0.5) is 4.39 Å². The van der Waals surface area contributed by atoms with Crippen LogP contribution in [-0.4, -0.2) is 33.3 Å². The van der Waals surface area contributed by atoms with Gasteiger partial charge in [0.05, 0.1) is 29.6 Å². The SMILES string of the molecule is COC(=O)C(C)(O)Cc1cc(Cl)c(F)c2[nH]c(=O)n(Cc3ccc(Cl)cc3)c(=O)c12. The number of hydrogen-bond donors (Lipinski definition) is 2. The maximum absolute atomic E-state index is 14.6. The van der Waals surface area contributed by atoms with Crippen molar-refractivity contribution in [2.45, 2.75) is 25.5 Å². The maximum Gasteiger partial charge on any atom is 0.337 e. The number of ether oxygens (including phenoxy) is 1. The van der Waals surface area contributed by atoms with E-state index in [2.05, 4.69) is 9.72 Å². The molecule has 3 aromatic rings. The zero-order chi connectivity index (χ0) is 22.2. The van der Waals surface area contributed by atoms with Crippen LogP contribution in [0.3, 0.4) is 0 Å². The van der Waals surface area contributed by atoms with Crippen LogP contribution < -0.4 is 11.2 Å². The molecule has 1 aromatic heterocycles. The summed E-state index contributed by atoms with van der Waals surface area (Å²) in [6.45, 7) is 1.10. The minimum Gasteiger partial charge on any atom is -0.467 e. The summed E-state index contributed by atoms with van der Waals surface area (Å²) in [5.41, 5.74) is -3.35. The Hall–Kier alpha value is -2.68. The molecule has 2 aromatic carbocycles. The molecule has 2 N–H and O–H groups in total. The van der Waals surface area contributed by atoms with Crippen LogP contribution >= 0.6 is 23.2 Å². The van der Waals surface area contributed by atoms with Crippen LogP contribution in [0.25, 0.3) is 10.9 Å². The van der Waals surface area contributed by atoms with E-state index in [1.54, 1.807) is 24.3 Å². The van der Waals surface area contributed by atoms with E-state index in [0.717, 1.165) is 17.7 Å². The molecule has 30 heavy (non-hydrogen) atoms. The van der Waals surface area contributed by atoms with Crippen LogP contribution in [0, 0.1) is 5.82 Å². The van der Waals surface area contributed by atoms with Gasteiger partial charge in [-0.05, 0) is 36.2 Å². The molecule has 10 heteroatoms. The first-order valence-electron chi connectivity index (χ1n) is 8.74. The Morgan fingerprint density at radius 1 is 1.27 bits per heavy atom. The second-order valence-corrected chi connectivity index (χ2v) is 7.82. The fourth-order valence-electron chi connectivity index (χ4n) is 3.16. The predicted octanol–water partition coefficient (Wildman–Crippen LogP) is 2.65. The number of nitrogens with zero attached hydrogens (tertiary/aromatic N) is 1. The van der Waals surface area contributed by atoms with Crippen molar-refractivity contribution in [3.63, 3.8) is 0 Å². The molecular formula is C20H17Cl2FN2O5. The van der Waals surface area contributed by atoms with Gasteiger partial charge in [0.15, 0.2) is 11.4 Å². The molecule has 0 saturated heterocycles. The quantitative estimate of drug-likeness (QED) is 0.577. The van der Waals surface area contributed by atoms with Gasteiger partial charge < -0.3 is 14.8 Å². The smallest absolute Gasteiger partial charge is 0.337 e. The highest BCUT2D eigenvalue weighted by Crippen LogP contribution is 2.27. The standard InChI is InChI=1S/C20H17Cl2FN2O5/c1-20(29,18(27)30-2)8-11-7-13(22)15(23)16-14(11)17(26)25(19(28)24-16)9-10-3-5-12(21)6-4-10/h3-7,29H,8-9H2,1-2H3,(H,24,28). The van der Waals surface area contributed by atoms with E-state index >= 15 is 0 Å². The van der Waals surface area contributed by atoms with Crippen molar-refractivity contribution < 1.29 is 19.0 Å². The van der Waals surface area contributed by atoms with Crippen molar-refractivity contribution in [2.75, 3.05) is 7.11 Å². The lowest BCUT2D eigenvalue weighted by Gasteiger charge is -2.21. The highest BCUT2D eigenvalue weighted by Gasteiger charge is 2.33. The molecule has 3 rings (SSSR count). The van der Waals surface area contributed by atoms with Gasteiger partial charge in [-0.25, -0.2) is 14.0 Å². The van der Waals surface area contributed by atoms with Crippen LogP contribution in [0.15, 0.2) is 39.9 Å². The molecule has 1 unspecified atom stereocenters. The number of rotatable bonds is 5. The van der Waals surface area contributed by atoms with Crippen molar-refractivity contribution in [1.82, 2.24) is 9.55 Å². The minimum atomic E-state index is -2.01. The molecule has 0 aliphatic carbocycles. The third kappa shape index (κ3) is 4.12. The predicted molar refractivity (Wildman–Crippen MR) is 111 cm³/mol. The molecule has 158 valence electrons. The number of esters is 1. The fraction of sp³-hybridized carbons (Fsp3) is 0.250. The minimum absolute atomic E-state index is 0.0814. The van der Waals surface area contributed by atoms with Crippen LogP contribution in [0.1, 0.15) is 18.1 Å². The number of methoxy groups -OCH3 is 1. The first-order valence-corrected chi connectivity index (χ1v) is 9.49. The molecule has 0 aliphatic rings. The number of nitrogens with one attached hydrogen (secondary N) is 1. The molecule has 0 amide bonds. The van der Waals surface area contributed by atoms with Gasteiger partial charge in [0, 0.05) is 11.4 Å². The number of aliphatic hydroxyl groups is 1. The van der Waals surface area contributed by atoms with Gasteiger partial charge in [0.1, 0.15) is 0 Å². The van der Waals surface area contributed by atoms with Gasteiger partial charge in [-0.1, -0.05) is 35.3 Å². The zero-order valence-corrected chi connectivity index (χ0v) is 17.5. The normalized spacial score (nSPS) is 13.3. The molecule has 0 fully saturated rings. The average Bonchev–Trinajstić information content (AvgIpc) is 2.69. The second kappa shape index (κ2) is 8.22. The summed E-state index contributed by atoms with van der Waals surface area (Å²) in [5.74, 6) is -1.93. The highest BCUT2D eigenvalue weighted by atomic mass is 35.5. The van der Waals surface area contributed by atoms with Crippen molar-refractivity contribution >= 4 is 40.1 Å². The monoisotopic (exact) mass is 454 g/mol. The first kappa shape index (κ1) is 22.0. The summed E-state index contributed by atoms with van der Waals surface area (Å²) in [6.07, 6.45) is -0.390. The van der Waals surface area contributed by atoms with E-state index in [4.69, 9.17) is 23.2 Å². The Morgan fingerprint density at radius 3 is 2.50 bits per heavy atom. The topological polar surface area (TPSA) is 101 Å². The molecule has 1 heterocycles. The van der Waals surface area contributed by atoms with Gasteiger partial charge in [-0.2, -0.15) is 0 Å². The zero-order valence-electron chi connectivity index (χ0n) is 16.0. The van der Waals surface area contributed by atoms with Crippen molar-refractivity contribution in [3.05, 3.63) is 78.2 Å². The number of hydrogen-bond acceptors (Lipinski definition) is 5. The Balaban J connectivity index is 2.24.